The van der Waals surface area contributed by atoms with Gasteiger partial charge in [0, 0.05) is 67.0 Å². The molecule has 67 heavy (non-hydrogen) atoms. The summed E-state index contributed by atoms with van der Waals surface area (Å²) in [5, 5.41) is 41.4. The van der Waals surface area contributed by atoms with E-state index >= 15 is 0 Å². The maximum absolute atomic E-state index is 14.8. The quantitative estimate of drug-likeness (QED) is 0.105. The van der Waals surface area contributed by atoms with Gasteiger partial charge in [-0.3, -0.25) is 14.5 Å². The molecule has 4 N–H and O–H groups in total. The van der Waals surface area contributed by atoms with Crippen LogP contribution in [-0.2, 0) is 42.7 Å². The van der Waals surface area contributed by atoms with Gasteiger partial charge in [-0.15, -0.1) is 0 Å². The number of benzene rings is 2. The molecule has 15 atom stereocenters. The highest BCUT2D eigenvalue weighted by molar-refractivity contribution is 5.96. The third-order valence-corrected chi connectivity index (χ3v) is 16.2. The number of rotatable bonds is 11. The summed E-state index contributed by atoms with van der Waals surface area (Å²) < 4.78 is 44.6. The number of likely N-dealkylation sites (tertiary alicyclic amines) is 1. The summed E-state index contributed by atoms with van der Waals surface area (Å²) >= 11 is 0. The molecular formula is C51H66N2O14. The van der Waals surface area contributed by atoms with Crippen LogP contribution in [0, 0.1) is 22.7 Å². The van der Waals surface area contributed by atoms with Crippen molar-refractivity contribution in [1.82, 2.24) is 10.2 Å². The van der Waals surface area contributed by atoms with Gasteiger partial charge in [-0.1, -0.05) is 81.4 Å². The molecule has 4 saturated heterocycles. The van der Waals surface area contributed by atoms with E-state index in [4.69, 9.17) is 33.2 Å². The molecule has 4 heterocycles. The summed E-state index contributed by atoms with van der Waals surface area (Å²) in [5.41, 5.74) is -4.95. The Kier molecular flexibility index (Phi) is 12.3. The first-order valence-corrected chi connectivity index (χ1v) is 23.7. The van der Waals surface area contributed by atoms with Crippen LogP contribution >= 0.6 is 0 Å². The monoisotopic (exact) mass is 930 g/mol. The van der Waals surface area contributed by atoms with E-state index in [1.165, 1.54) is 6.92 Å². The predicted molar refractivity (Wildman–Crippen MR) is 239 cm³/mol. The summed E-state index contributed by atoms with van der Waals surface area (Å²) in [4.78, 5) is 58.2. The molecule has 4 bridgehead atoms. The molecule has 16 nitrogen and oxygen atoms in total. The Bertz CT molecular complexity index is 2270. The summed E-state index contributed by atoms with van der Waals surface area (Å²) in [6.45, 7) is 15.5. The molecular weight excluding hydrogens is 865 g/mol. The van der Waals surface area contributed by atoms with Crippen LogP contribution in [0.2, 0.25) is 0 Å². The lowest BCUT2D eigenvalue weighted by atomic mass is 9.41. The van der Waals surface area contributed by atoms with Crippen LogP contribution in [0.5, 0.6) is 0 Å². The first-order valence-electron chi connectivity index (χ1n) is 23.7. The molecule has 16 heteroatoms. The number of carbonyl (C=O) groups is 4. The van der Waals surface area contributed by atoms with Gasteiger partial charge < -0.3 is 53.8 Å². The minimum absolute atomic E-state index is 0.0624. The van der Waals surface area contributed by atoms with Crippen LogP contribution in [-0.4, -0.2) is 142 Å². The van der Waals surface area contributed by atoms with Crippen molar-refractivity contribution in [2.45, 2.75) is 159 Å². The zero-order valence-electron chi connectivity index (χ0n) is 39.6. The fraction of sp³-hybridized carbons (Fsp3) is 0.647. The maximum Gasteiger partial charge on any atom is 0.408 e. The number of amides is 1. The molecule has 2 aromatic carbocycles. The number of aliphatic hydroxyl groups is 3. The van der Waals surface area contributed by atoms with Gasteiger partial charge in [-0.25, -0.2) is 9.59 Å². The lowest BCUT2D eigenvalue weighted by molar-refractivity contribution is -0.356. The minimum atomic E-state index is -1.97. The number of alkyl carbamates (subject to hydrolysis) is 1. The number of nitrogens with zero attached hydrogens (tertiary/aromatic N) is 1. The number of Topliss-reactive ketones (excluding diaryl/α,β-unsaturated/α-hetero) is 1. The van der Waals surface area contributed by atoms with Crippen molar-refractivity contribution in [2.24, 2.45) is 22.7 Å². The molecule has 1 amide bonds. The number of morpholine rings is 1. The fourth-order valence-electron chi connectivity index (χ4n) is 13.1. The number of aliphatic hydroxyl groups excluding tert-OH is 2. The number of carbonyl (C=O) groups excluding carboxylic acids is 4. The van der Waals surface area contributed by atoms with Gasteiger partial charge in [0.2, 0.25) is 0 Å². The molecule has 0 spiro atoms. The second kappa shape index (κ2) is 17.3. The van der Waals surface area contributed by atoms with E-state index in [1.807, 2.05) is 20.8 Å². The first-order chi connectivity index (χ1) is 31.6. The third kappa shape index (κ3) is 8.12. The number of ketones is 1. The molecule has 9 rings (SSSR count). The van der Waals surface area contributed by atoms with Gasteiger partial charge in [0.05, 0.1) is 49.7 Å². The molecule has 1 unspecified atom stereocenters. The summed E-state index contributed by atoms with van der Waals surface area (Å²) in [7, 11) is 0. The second-order valence-corrected chi connectivity index (χ2v) is 21.6. The van der Waals surface area contributed by atoms with Gasteiger partial charge in [0.25, 0.3) is 0 Å². The minimum Gasteiger partial charge on any atom is -0.456 e. The van der Waals surface area contributed by atoms with E-state index in [0.29, 0.717) is 42.0 Å². The predicted octanol–water partition coefficient (Wildman–Crippen LogP) is 4.58. The van der Waals surface area contributed by atoms with E-state index in [1.54, 1.807) is 88.4 Å². The van der Waals surface area contributed by atoms with Crippen LogP contribution in [0.15, 0.2) is 71.8 Å². The van der Waals surface area contributed by atoms with Crippen molar-refractivity contribution in [3.8, 4) is 0 Å². The third-order valence-electron chi connectivity index (χ3n) is 16.2. The molecule has 364 valence electrons. The zero-order valence-corrected chi connectivity index (χ0v) is 39.6. The Morgan fingerprint density at radius 2 is 1.66 bits per heavy atom. The van der Waals surface area contributed by atoms with Gasteiger partial charge in [0.15, 0.2) is 23.8 Å². The van der Waals surface area contributed by atoms with E-state index in [-0.39, 0.29) is 43.8 Å². The lowest BCUT2D eigenvalue weighted by Gasteiger charge is -2.69. The highest BCUT2D eigenvalue weighted by atomic mass is 16.7. The average molecular weight is 931 g/mol. The largest absolute Gasteiger partial charge is 0.456 e. The Labute approximate surface area is 391 Å². The Hall–Kier alpha value is -4.26. The van der Waals surface area contributed by atoms with Crippen molar-refractivity contribution < 1.29 is 67.7 Å². The molecule has 0 aromatic heterocycles. The Morgan fingerprint density at radius 3 is 2.25 bits per heavy atom. The maximum atomic E-state index is 14.8. The molecule has 2 saturated carbocycles. The number of hydrogen-bond acceptors (Lipinski definition) is 15. The Morgan fingerprint density at radius 1 is 0.970 bits per heavy atom. The number of hydrogen-bond donors (Lipinski definition) is 4. The van der Waals surface area contributed by atoms with Crippen molar-refractivity contribution in [2.75, 3.05) is 26.3 Å². The normalized spacial score (nSPS) is 38.2. The van der Waals surface area contributed by atoms with Crippen LogP contribution in [0.4, 0.5) is 4.79 Å². The fourth-order valence-corrected chi connectivity index (χ4v) is 13.1. The zero-order chi connectivity index (χ0) is 48.0. The van der Waals surface area contributed by atoms with Crippen molar-refractivity contribution in [3.63, 3.8) is 0 Å². The molecule has 0 radical (unpaired) electrons. The van der Waals surface area contributed by atoms with Gasteiger partial charge >= 0.3 is 18.0 Å². The van der Waals surface area contributed by atoms with Crippen molar-refractivity contribution in [1.29, 1.82) is 0 Å². The van der Waals surface area contributed by atoms with E-state index in [0.717, 1.165) is 6.42 Å². The molecule has 7 aliphatic rings. The SMILES string of the molecule is CC(=O)O[C@@]12CO[C@@H]1C[C@H](O)[C@@]1(C)[C@@H]3OC(CN4C[C@@H]5C[C@H]4CO5)O[C@@H]3C3=C(C)[C@@H](OC(=O)[C@H](O)[C@@H](NC(=O)OC(C)(C)C)c4ccccc4)C[C@@](O)([C@@H](CC(=O)c4ccccc4)[C@H]21)C3(C)C. The number of nitrogens with one attached hydrogen (secondary N) is 1. The van der Waals surface area contributed by atoms with Gasteiger partial charge in [-0.05, 0) is 50.8 Å². The van der Waals surface area contributed by atoms with Crippen LogP contribution in [0.1, 0.15) is 103 Å². The highest BCUT2D eigenvalue weighted by Crippen LogP contribution is 2.68. The lowest BCUT2D eigenvalue weighted by Crippen LogP contribution is -2.80. The van der Waals surface area contributed by atoms with Crippen molar-refractivity contribution in [3.05, 3.63) is 82.9 Å². The van der Waals surface area contributed by atoms with Crippen LogP contribution < -0.4 is 5.32 Å². The van der Waals surface area contributed by atoms with E-state index < -0.39 is 106 Å². The molecule has 3 aliphatic carbocycles. The van der Waals surface area contributed by atoms with Crippen molar-refractivity contribution >= 4 is 23.8 Å². The highest BCUT2D eigenvalue weighted by Gasteiger charge is 2.78. The number of esters is 2. The topological polar surface area (TPSA) is 209 Å². The van der Waals surface area contributed by atoms with Crippen LogP contribution in [0.25, 0.3) is 0 Å². The average Bonchev–Trinajstić information content (AvgIpc) is 4.01. The summed E-state index contributed by atoms with van der Waals surface area (Å²) in [5.74, 6) is -4.07. The van der Waals surface area contributed by atoms with Crippen LogP contribution in [0.3, 0.4) is 0 Å². The van der Waals surface area contributed by atoms with Gasteiger partial charge in [0.1, 0.15) is 23.9 Å². The first kappa shape index (κ1) is 47.8. The number of ether oxygens (including phenoxy) is 7. The number of fused-ring (bicyclic) bond motifs is 10. The van der Waals surface area contributed by atoms with E-state index in [9.17, 15) is 34.5 Å². The van der Waals surface area contributed by atoms with Gasteiger partial charge in [-0.2, -0.15) is 0 Å². The molecule has 4 aliphatic heterocycles. The summed E-state index contributed by atoms with van der Waals surface area (Å²) in [6, 6.07) is 16.1. The summed E-state index contributed by atoms with van der Waals surface area (Å²) in [6.07, 6.45) is -8.10. The van der Waals surface area contributed by atoms with E-state index in [2.05, 4.69) is 10.2 Å². The second-order valence-electron chi connectivity index (χ2n) is 21.6. The Balaban J connectivity index is 1.18. The smallest absolute Gasteiger partial charge is 0.408 e. The molecule has 6 fully saturated rings. The standard InChI is InChI=1S/C51H66N2O14/c1-27-35(63-45(58)41(57)40(30-17-13-10-14-18-30)52-46(59)67-47(3,4)5)22-51(60)33(20-34(55)29-15-11-9-12-16-29)43-49(8,36(56)21-37-50(43,26-62-37)66-28(2)54)44-42(39(27)48(51,6)7)64-38(65-44)24-53-23-32-19-31(53)25-61-32/h9-18,31-33,35-38,40-44,56-57,60H,19-26H2,1-8H3,(H,52,59)/t31-,32-,33-,35-,36-,37+,38?,40-,41+,42+,43-,44+,49+,50-,51+/m0/s1. The molecule has 2 aromatic rings.